The van der Waals surface area contributed by atoms with Crippen molar-refractivity contribution in [2.45, 2.75) is 51.9 Å². The summed E-state index contributed by atoms with van der Waals surface area (Å²) >= 11 is 0. The Labute approximate surface area is 175 Å². The van der Waals surface area contributed by atoms with Crippen LogP contribution >= 0.6 is 0 Å². The van der Waals surface area contributed by atoms with Gasteiger partial charge in [0, 0.05) is 6.42 Å². The molecule has 0 aromatic rings. The second-order valence-corrected chi connectivity index (χ2v) is 6.49. The molecular weight excluding hydrogens is 383 g/mol. The molecule has 0 heterocycles. The van der Waals surface area contributed by atoms with Gasteiger partial charge in [0.15, 0.2) is 0 Å². The Kier molecular flexibility index (Phi) is 24.5. The van der Waals surface area contributed by atoms with Crippen molar-refractivity contribution in [1.29, 1.82) is 0 Å². The van der Waals surface area contributed by atoms with Crippen molar-refractivity contribution in [2.24, 2.45) is 0 Å². The topological polar surface area (TPSA) is 72.5 Å². The Morgan fingerprint density at radius 3 is 1.48 bits per heavy atom. The van der Waals surface area contributed by atoms with Gasteiger partial charge in [-0.2, -0.15) is 0 Å². The van der Waals surface area contributed by atoms with Crippen LogP contribution in [0.25, 0.3) is 0 Å². The van der Waals surface area contributed by atoms with Gasteiger partial charge >= 0.3 is 5.97 Å². The van der Waals surface area contributed by atoms with Crippen LogP contribution in [0.1, 0.15) is 51.9 Å². The van der Waals surface area contributed by atoms with Gasteiger partial charge in [-0.25, -0.2) is 4.39 Å². The molecule has 7 nitrogen and oxygen atoms in total. The number of halogens is 1. The maximum Gasteiger partial charge on any atom is 0.305 e. The Balaban J connectivity index is 3.10. The third-order valence-electron chi connectivity index (χ3n) is 3.93. The van der Waals surface area contributed by atoms with Crippen molar-refractivity contribution in [3.63, 3.8) is 0 Å². The number of alkyl halides is 1. The van der Waals surface area contributed by atoms with Gasteiger partial charge in [0.05, 0.1) is 66.1 Å². The number of carbonyl (C=O) groups excluding carboxylic acids is 1. The summed E-state index contributed by atoms with van der Waals surface area (Å²) in [5.41, 5.74) is 0. The van der Waals surface area contributed by atoms with Crippen LogP contribution in [-0.4, -0.2) is 85.3 Å². The Bertz CT molecular complexity index is 332. The summed E-state index contributed by atoms with van der Waals surface area (Å²) in [7, 11) is 0. The van der Waals surface area contributed by atoms with E-state index in [-0.39, 0.29) is 19.2 Å². The summed E-state index contributed by atoms with van der Waals surface area (Å²) in [4.78, 5) is 11.5. The summed E-state index contributed by atoms with van der Waals surface area (Å²) in [6.45, 7) is 6.18. The summed E-state index contributed by atoms with van der Waals surface area (Å²) in [6.07, 6.45) is 7.44. The molecule has 0 atom stereocenters. The first-order chi connectivity index (χ1) is 14.3. The van der Waals surface area contributed by atoms with Crippen LogP contribution in [0.3, 0.4) is 0 Å². The molecule has 0 spiro atoms. The van der Waals surface area contributed by atoms with E-state index in [0.717, 1.165) is 12.8 Å². The lowest BCUT2D eigenvalue weighted by molar-refractivity contribution is -0.145. The minimum atomic E-state index is -0.471. The minimum Gasteiger partial charge on any atom is -0.463 e. The Morgan fingerprint density at radius 2 is 1.00 bits per heavy atom. The van der Waals surface area contributed by atoms with E-state index >= 15 is 0 Å². The summed E-state index contributed by atoms with van der Waals surface area (Å²) in [5, 5.41) is 0. The fourth-order valence-electron chi connectivity index (χ4n) is 2.37. The average molecular weight is 425 g/mol. The number of unbranched alkanes of at least 4 members (excludes halogenated alkanes) is 5. The average Bonchev–Trinajstić information content (AvgIpc) is 2.73. The molecule has 8 heteroatoms. The highest BCUT2D eigenvalue weighted by atomic mass is 19.1. The lowest BCUT2D eigenvalue weighted by atomic mass is 10.1. The van der Waals surface area contributed by atoms with E-state index in [1.807, 2.05) is 0 Å². The van der Waals surface area contributed by atoms with E-state index in [9.17, 15) is 9.18 Å². The lowest BCUT2D eigenvalue weighted by Gasteiger charge is -2.08. The van der Waals surface area contributed by atoms with Crippen LogP contribution in [0.15, 0.2) is 0 Å². The van der Waals surface area contributed by atoms with Crippen LogP contribution in [0.5, 0.6) is 0 Å². The van der Waals surface area contributed by atoms with Gasteiger partial charge in [-0.15, -0.1) is 0 Å². The van der Waals surface area contributed by atoms with Gasteiger partial charge in [0.25, 0.3) is 0 Å². The number of hydrogen-bond acceptors (Lipinski definition) is 7. The molecule has 0 unspecified atom stereocenters. The highest BCUT2D eigenvalue weighted by Crippen LogP contribution is 2.07. The summed E-state index contributed by atoms with van der Waals surface area (Å²) in [6, 6.07) is 0. The maximum absolute atomic E-state index is 11.8. The first-order valence-electron chi connectivity index (χ1n) is 10.9. The smallest absolute Gasteiger partial charge is 0.305 e. The van der Waals surface area contributed by atoms with Crippen molar-refractivity contribution in [2.75, 3.05) is 79.4 Å². The monoisotopic (exact) mass is 424 g/mol. The molecule has 0 aromatic heterocycles. The lowest BCUT2D eigenvalue weighted by Crippen LogP contribution is -2.15. The Morgan fingerprint density at radius 1 is 0.586 bits per heavy atom. The summed E-state index contributed by atoms with van der Waals surface area (Å²) in [5.74, 6) is -0.145. The van der Waals surface area contributed by atoms with Gasteiger partial charge in [0.1, 0.15) is 13.3 Å². The normalized spacial score (nSPS) is 11.1. The molecule has 0 aliphatic heterocycles. The first-order valence-corrected chi connectivity index (χ1v) is 10.9. The molecule has 0 aliphatic rings. The standard InChI is InChI=1S/C21H41FO7/c1-2-3-4-5-6-7-8-21(23)29-20-19-28-18-17-27-16-15-26-14-13-25-12-11-24-10-9-22/h2-20H2,1H3. The van der Waals surface area contributed by atoms with Gasteiger partial charge in [0.2, 0.25) is 0 Å². The van der Waals surface area contributed by atoms with Crippen LogP contribution in [-0.2, 0) is 33.2 Å². The molecular formula is C21H41FO7. The van der Waals surface area contributed by atoms with Gasteiger partial charge in [-0.05, 0) is 6.42 Å². The predicted molar refractivity (Wildman–Crippen MR) is 109 cm³/mol. The fraction of sp³-hybridized carbons (Fsp3) is 0.952. The first kappa shape index (κ1) is 28.2. The molecule has 0 rings (SSSR count). The van der Waals surface area contributed by atoms with Crippen molar-refractivity contribution >= 4 is 5.97 Å². The van der Waals surface area contributed by atoms with Crippen LogP contribution in [0.4, 0.5) is 4.39 Å². The van der Waals surface area contributed by atoms with Crippen LogP contribution in [0.2, 0.25) is 0 Å². The van der Waals surface area contributed by atoms with Gasteiger partial charge < -0.3 is 28.4 Å². The summed E-state index contributed by atoms with van der Waals surface area (Å²) < 4.78 is 43.1. The third-order valence-corrected chi connectivity index (χ3v) is 3.93. The highest BCUT2D eigenvalue weighted by Gasteiger charge is 2.02. The van der Waals surface area contributed by atoms with E-state index in [1.165, 1.54) is 25.7 Å². The minimum absolute atomic E-state index is 0.116. The van der Waals surface area contributed by atoms with Crippen LogP contribution in [0, 0.1) is 0 Å². The molecule has 174 valence electrons. The second-order valence-electron chi connectivity index (χ2n) is 6.49. The van der Waals surface area contributed by atoms with Crippen molar-refractivity contribution in [3.8, 4) is 0 Å². The molecule has 0 fully saturated rings. The molecule has 0 aromatic carbocycles. The van der Waals surface area contributed by atoms with E-state index in [1.54, 1.807) is 0 Å². The molecule has 29 heavy (non-hydrogen) atoms. The molecule has 0 aliphatic carbocycles. The van der Waals surface area contributed by atoms with E-state index < -0.39 is 6.67 Å². The number of hydrogen-bond donors (Lipinski definition) is 0. The van der Waals surface area contributed by atoms with E-state index in [2.05, 4.69) is 6.92 Å². The number of carbonyl (C=O) groups is 1. The Hall–Kier alpha value is -0.800. The number of ether oxygens (including phenoxy) is 6. The molecule has 0 saturated carbocycles. The molecule has 0 saturated heterocycles. The van der Waals surface area contributed by atoms with Crippen molar-refractivity contribution in [3.05, 3.63) is 0 Å². The van der Waals surface area contributed by atoms with E-state index in [0.29, 0.717) is 65.9 Å². The second kappa shape index (κ2) is 25.2. The van der Waals surface area contributed by atoms with E-state index in [4.69, 9.17) is 28.4 Å². The third kappa shape index (κ3) is 25.2. The van der Waals surface area contributed by atoms with Crippen molar-refractivity contribution < 1.29 is 37.6 Å². The maximum atomic E-state index is 11.8. The quantitative estimate of drug-likeness (QED) is 0.174. The number of esters is 1. The SMILES string of the molecule is CCCCCCCCC(=O)OCCOCCOCCOCCOCCOCCF. The fourth-order valence-corrected chi connectivity index (χ4v) is 2.37. The molecule has 0 bridgehead atoms. The number of rotatable bonds is 24. The van der Waals surface area contributed by atoms with Crippen molar-refractivity contribution in [1.82, 2.24) is 0 Å². The van der Waals surface area contributed by atoms with Crippen LogP contribution < -0.4 is 0 Å². The predicted octanol–water partition coefficient (Wildman–Crippen LogP) is 3.33. The zero-order chi connectivity index (χ0) is 21.3. The molecule has 0 N–H and O–H groups in total. The molecule has 0 radical (unpaired) electrons. The van der Waals surface area contributed by atoms with Gasteiger partial charge in [-0.3, -0.25) is 4.79 Å². The largest absolute Gasteiger partial charge is 0.463 e. The zero-order valence-electron chi connectivity index (χ0n) is 18.2. The highest BCUT2D eigenvalue weighted by molar-refractivity contribution is 5.69. The van der Waals surface area contributed by atoms with Gasteiger partial charge in [-0.1, -0.05) is 39.0 Å². The molecule has 0 amide bonds. The zero-order valence-corrected chi connectivity index (χ0v) is 18.2.